The number of anilines is 1. The molecule has 4 aromatic rings. The van der Waals surface area contributed by atoms with Crippen LogP contribution in [0, 0.1) is 0 Å². The number of likely N-dealkylation sites (N-methyl/N-ethyl adjacent to an activating group) is 2. The van der Waals surface area contributed by atoms with E-state index in [1.165, 1.54) is 107 Å². The molecular weight excluding hydrogens is 739 g/mol. The number of fused-ring (bicyclic) bond motifs is 2. The van der Waals surface area contributed by atoms with Crippen molar-refractivity contribution in [2.45, 2.75) is 126 Å². The molecule has 2 saturated carbocycles. The molecule has 7 heteroatoms. The molecule has 0 bridgehead atoms. The second kappa shape index (κ2) is 20.7. The fraction of sp³-hybridized carbons (Fsp3) is 0.500. The first-order valence-electron chi connectivity index (χ1n) is 20.5. The van der Waals surface area contributed by atoms with Crippen LogP contribution in [-0.2, 0) is 32.1 Å². The lowest BCUT2D eigenvalue weighted by Crippen LogP contribution is -2.51. The first kappa shape index (κ1) is 45.1. The SMILES string of the molecule is CN(C)C1(Cc2ccccc2)CCC(NC2CCc3ccccc32)CC1.CN(C)C1(Cc2ccccc2)CCC(Nc2ccc3c(c2)CCC3)CC1.Cl.Cl.Cl. The third kappa shape index (κ3) is 11.1. The fourth-order valence-electron chi connectivity index (χ4n) is 10.0. The molecule has 4 aromatic carbocycles. The molecule has 8 rings (SSSR count). The molecule has 0 radical (unpaired) electrons. The first-order chi connectivity index (χ1) is 25.3. The Morgan fingerprint density at radius 1 is 0.527 bits per heavy atom. The maximum absolute atomic E-state index is 4.00. The van der Waals surface area contributed by atoms with E-state index in [0.29, 0.717) is 29.2 Å². The van der Waals surface area contributed by atoms with Gasteiger partial charge in [-0.2, -0.15) is 0 Å². The lowest BCUT2D eigenvalue weighted by Gasteiger charge is -2.46. The zero-order valence-electron chi connectivity index (χ0n) is 33.8. The molecule has 4 aliphatic carbocycles. The van der Waals surface area contributed by atoms with E-state index in [9.17, 15) is 0 Å². The number of rotatable bonds is 10. The molecular formula is C48H67Cl3N4. The van der Waals surface area contributed by atoms with E-state index in [1.54, 1.807) is 22.3 Å². The van der Waals surface area contributed by atoms with Crippen molar-refractivity contribution in [3.8, 4) is 0 Å². The van der Waals surface area contributed by atoms with Crippen LogP contribution >= 0.6 is 37.2 Å². The molecule has 2 fully saturated rings. The van der Waals surface area contributed by atoms with E-state index in [2.05, 4.69) is 152 Å². The van der Waals surface area contributed by atoms with Crippen LogP contribution in [0.1, 0.15) is 104 Å². The Balaban J connectivity index is 0.000000232. The lowest BCUT2D eigenvalue weighted by atomic mass is 9.74. The average Bonchev–Trinajstić information content (AvgIpc) is 3.81. The van der Waals surface area contributed by atoms with Gasteiger partial charge in [0.1, 0.15) is 0 Å². The highest BCUT2D eigenvalue weighted by Gasteiger charge is 2.39. The summed E-state index contributed by atoms with van der Waals surface area (Å²) in [4.78, 5) is 4.96. The number of nitrogens with zero attached hydrogens (tertiary/aromatic N) is 2. The van der Waals surface area contributed by atoms with Crippen molar-refractivity contribution in [2.75, 3.05) is 33.5 Å². The van der Waals surface area contributed by atoms with Gasteiger partial charge in [0.25, 0.3) is 0 Å². The molecule has 0 spiro atoms. The predicted octanol–water partition coefficient (Wildman–Crippen LogP) is 11.1. The third-order valence-electron chi connectivity index (χ3n) is 13.5. The van der Waals surface area contributed by atoms with Crippen LogP contribution in [-0.4, -0.2) is 61.2 Å². The van der Waals surface area contributed by atoms with Gasteiger partial charge in [0.15, 0.2) is 0 Å². The van der Waals surface area contributed by atoms with Gasteiger partial charge in [-0.15, -0.1) is 37.2 Å². The van der Waals surface area contributed by atoms with E-state index in [0.717, 1.165) is 6.42 Å². The summed E-state index contributed by atoms with van der Waals surface area (Å²) in [6.07, 6.45) is 18.8. The minimum Gasteiger partial charge on any atom is -0.382 e. The van der Waals surface area contributed by atoms with E-state index in [4.69, 9.17) is 0 Å². The van der Waals surface area contributed by atoms with Gasteiger partial charge in [-0.25, -0.2) is 0 Å². The summed E-state index contributed by atoms with van der Waals surface area (Å²) >= 11 is 0. The molecule has 2 N–H and O–H groups in total. The summed E-state index contributed by atoms with van der Waals surface area (Å²) in [5.41, 5.74) is 11.1. The van der Waals surface area contributed by atoms with Crippen LogP contribution in [0.15, 0.2) is 103 Å². The fourth-order valence-corrected chi connectivity index (χ4v) is 10.0. The smallest absolute Gasteiger partial charge is 0.0345 e. The van der Waals surface area contributed by atoms with Crippen molar-refractivity contribution >= 4 is 42.9 Å². The molecule has 0 saturated heterocycles. The van der Waals surface area contributed by atoms with Crippen LogP contribution in [0.2, 0.25) is 0 Å². The second-order valence-electron chi connectivity index (χ2n) is 17.0. The number of benzene rings is 4. The summed E-state index contributed by atoms with van der Waals surface area (Å²) in [5, 5.41) is 7.83. The zero-order valence-corrected chi connectivity index (χ0v) is 36.2. The lowest BCUT2D eigenvalue weighted by molar-refractivity contribution is 0.0851. The Kier molecular flexibility index (Phi) is 17.0. The van der Waals surface area contributed by atoms with E-state index >= 15 is 0 Å². The summed E-state index contributed by atoms with van der Waals surface area (Å²) in [6.45, 7) is 0. The van der Waals surface area contributed by atoms with Crippen LogP contribution in [0.4, 0.5) is 5.69 Å². The molecule has 0 heterocycles. The highest BCUT2D eigenvalue weighted by molar-refractivity contribution is 5.86. The highest BCUT2D eigenvalue weighted by atomic mass is 35.5. The Morgan fingerprint density at radius 2 is 1.04 bits per heavy atom. The van der Waals surface area contributed by atoms with Crippen LogP contribution in [0.3, 0.4) is 0 Å². The Hall–Kier alpha value is -2.57. The second-order valence-corrected chi connectivity index (χ2v) is 17.0. The average molecular weight is 806 g/mol. The Morgan fingerprint density at radius 3 is 1.60 bits per heavy atom. The first-order valence-corrected chi connectivity index (χ1v) is 20.5. The van der Waals surface area contributed by atoms with E-state index < -0.39 is 0 Å². The van der Waals surface area contributed by atoms with Crippen LogP contribution in [0.25, 0.3) is 0 Å². The molecule has 0 aliphatic heterocycles. The molecule has 0 aromatic heterocycles. The van der Waals surface area contributed by atoms with Gasteiger partial charge in [-0.1, -0.05) is 91.0 Å². The molecule has 0 amide bonds. The van der Waals surface area contributed by atoms with Gasteiger partial charge >= 0.3 is 0 Å². The maximum Gasteiger partial charge on any atom is 0.0345 e. The summed E-state index contributed by atoms with van der Waals surface area (Å²) in [5.74, 6) is 0. The van der Waals surface area contributed by atoms with Crippen molar-refractivity contribution < 1.29 is 0 Å². The molecule has 55 heavy (non-hydrogen) atoms. The molecule has 4 aliphatic rings. The van der Waals surface area contributed by atoms with Crippen LogP contribution < -0.4 is 10.6 Å². The quantitative estimate of drug-likeness (QED) is 0.167. The minimum atomic E-state index is 0. The molecule has 1 atom stereocenters. The van der Waals surface area contributed by atoms with E-state index in [-0.39, 0.29) is 37.2 Å². The maximum atomic E-state index is 4.00. The predicted molar refractivity (Wildman–Crippen MR) is 242 cm³/mol. The molecule has 4 nitrogen and oxygen atoms in total. The number of aryl methyl sites for hydroxylation is 3. The van der Waals surface area contributed by atoms with Crippen molar-refractivity contribution in [3.05, 3.63) is 137 Å². The summed E-state index contributed by atoms with van der Waals surface area (Å²) in [6, 6.07) is 39.9. The molecule has 300 valence electrons. The van der Waals surface area contributed by atoms with Crippen molar-refractivity contribution in [2.24, 2.45) is 0 Å². The third-order valence-corrected chi connectivity index (χ3v) is 13.5. The standard InChI is InChI=1S/2C24H32N2.3ClH/c1-26(2)24(18-19-8-4-3-5-9-19)16-14-21(15-17-24)25-23-13-12-20-10-6-7-11-22(20)23;1-26(2)24(18-19-7-4-3-5-8-19)15-13-22(14-16-24)25-23-12-11-20-9-6-10-21(20)17-23;;;/h3-11,21,23,25H,12-18H2,1-2H3;3-5,7-8,11-12,17,22,25H,6,9-10,13-16,18H2,1-2H3;3*1H. The van der Waals surface area contributed by atoms with Gasteiger partial charge in [0, 0.05) is 34.9 Å². The topological polar surface area (TPSA) is 30.5 Å². The highest BCUT2D eigenvalue weighted by Crippen LogP contribution is 2.39. The van der Waals surface area contributed by atoms with Crippen molar-refractivity contribution in [1.82, 2.24) is 15.1 Å². The van der Waals surface area contributed by atoms with Gasteiger partial charge in [0.2, 0.25) is 0 Å². The summed E-state index contributed by atoms with van der Waals surface area (Å²) < 4.78 is 0. The van der Waals surface area contributed by atoms with Crippen molar-refractivity contribution in [1.29, 1.82) is 0 Å². The largest absolute Gasteiger partial charge is 0.382 e. The minimum absolute atomic E-state index is 0. The monoisotopic (exact) mass is 804 g/mol. The van der Waals surface area contributed by atoms with Crippen LogP contribution in [0.5, 0.6) is 0 Å². The van der Waals surface area contributed by atoms with Gasteiger partial charge in [-0.3, -0.25) is 0 Å². The van der Waals surface area contributed by atoms with Gasteiger partial charge in [-0.05, 0) is 170 Å². The Labute approximate surface area is 351 Å². The van der Waals surface area contributed by atoms with E-state index in [1.807, 2.05) is 0 Å². The van der Waals surface area contributed by atoms with Gasteiger partial charge in [0.05, 0.1) is 0 Å². The Bertz CT molecular complexity index is 1710. The number of nitrogens with one attached hydrogen (secondary N) is 2. The summed E-state index contributed by atoms with van der Waals surface area (Å²) in [7, 11) is 9.06. The number of hydrogen-bond donors (Lipinski definition) is 2. The normalized spacial score (nSPS) is 25.3. The molecule has 1 unspecified atom stereocenters. The van der Waals surface area contributed by atoms with Gasteiger partial charge < -0.3 is 20.4 Å². The van der Waals surface area contributed by atoms with Crippen molar-refractivity contribution in [3.63, 3.8) is 0 Å². The zero-order chi connectivity index (χ0) is 36.0. The number of halogens is 3. The number of hydrogen-bond acceptors (Lipinski definition) is 4.